The van der Waals surface area contributed by atoms with Gasteiger partial charge < -0.3 is 4.90 Å². The van der Waals surface area contributed by atoms with E-state index in [2.05, 4.69) is 6.58 Å². The van der Waals surface area contributed by atoms with Crippen LogP contribution in [0.1, 0.15) is 29.8 Å². The van der Waals surface area contributed by atoms with Crippen molar-refractivity contribution >= 4 is 5.91 Å². The summed E-state index contributed by atoms with van der Waals surface area (Å²) in [6.45, 7) is 10.3. The van der Waals surface area contributed by atoms with E-state index in [-0.39, 0.29) is 11.5 Å². The molecule has 0 unspecified atom stereocenters. The van der Waals surface area contributed by atoms with Gasteiger partial charge in [0.2, 0.25) is 0 Å². The van der Waals surface area contributed by atoms with Crippen molar-refractivity contribution in [3.8, 4) is 0 Å². The predicted molar refractivity (Wildman–Crippen MR) is 67.5 cm³/mol. The lowest BCUT2D eigenvalue weighted by molar-refractivity contribution is 0.0773. The Hall–Kier alpha value is -1.64. The summed E-state index contributed by atoms with van der Waals surface area (Å²) in [7, 11) is 0. The number of aryl methyl sites for hydroxylation is 1. The highest BCUT2D eigenvalue weighted by Crippen LogP contribution is 2.13. The molecular weight excluding hydrogens is 217 g/mol. The van der Waals surface area contributed by atoms with Crippen LogP contribution in [0.5, 0.6) is 0 Å². The summed E-state index contributed by atoms with van der Waals surface area (Å²) in [6.07, 6.45) is 0. The van der Waals surface area contributed by atoms with Gasteiger partial charge in [0.1, 0.15) is 5.82 Å². The number of rotatable bonds is 4. The molecule has 3 heteroatoms. The average molecular weight is 235 g/mol. The monoisotopic (exact) mass is 235 g/mol. The number of halogens is 1. The Morgan fingerprint density at radius 1 is 1.47 bits per heavy atom. The third-order valence-corrected chi connectivity index (χ3v) is 2.48. The van der Waals surface area contributed by atoms with Crippen molar-refractivity contribution in [2.75, 3.05) is 13.1 Å². The molecular formula is C14H18FNO. The minimum atomic E-state index is -0.472. The topological polar surface area (TPSA) is 20.3 Å². The van der Waals surface area contributed by atoms with Gasteiger partial charge in [-0.3, -0.25) is 4.79 Å². The SMILES string of the molecule is C=C(C)CN(CC)C(=O)c1cc(C)ccc1F. The maximum atomic E-state index is 13.6. The van der Waals surface area contributed by atoms with Crippen LogP contribution < -0.4 is 0 Å². The van der Waals surface area contributed by atoms with Crippen LogP contribution in [0, 0.1) is 12.7 Å². The number of hydrogen-bond acceptors (Lipinski definition) is 1. The Labute approximate surface area is 102 Å². The maximum Gasteiger partial charge on any atom is 0.257 e. The Morgan fingerprint density at radius 3 is 2.65 bits per heavy atom. The van der Waals surface area contributed by atoms with Crippen molar-refractivity contribution in [2.45, 2.75) is 20.8 Å². The van der Waals surface area contributed by atoms with Crippen LogP contribution in [0.4, 0.5) is 4.39 Å². The largest absolute Gasteiger partial charge is 0.335 e. The molecule has 1 aromatic carbocycles. The second-order valence-electron chi connectivity index (χ2n) is 4.26. The van der Waals surface area contributed by atoms with Gasteiger partial charge in [-0.05, 0) is 32.9 Å². The summed E-state index contributed by atoms with van der Waals surface area (Å²) in [5, 5.41) is 0. The fraction of sp³-hybridized carbons (Fsp3) is 0.357. The molecule has 0 aliphatic rings. The zero-order valence-electron chi connectivity index (χ0n) is 10.6. The Balaban J connectivity index is 3.01. The van der Waals surface area contributed by atoms with Gasteiger partial charge in [0, 0.05) is 13.1 Å². The Kier molecular flexibility index (Phi) is 4.44. The molecule has 0 spiro atoms. The standard InChI is InChI=1S/C14H18FNO/c1-5-16(9-10(2)3)14(17)12-8-11(4)6-7-13(12)15/h6-8H,2,5,9H2,1,3-4H3. The van der Waals surface area contributed by atoms with E-state index >= 15 is 0 Å². The van der Waals surface area contributed by atoms with Gasteiger partial charge in [0.05, 0.1) is 5.56 Å². The van der Waals surface area contributed by atoms with Crippen molar-refractivity contribution in [2.24, 2.45) is 0 Å². The number of hydrogen-bond donors (Lipinski definition) is 0. The Morgan fingerprint density at radius 2 is 2.12 bits per heavy atom. The van der Waals surface area contributed by atoms with E-state index in [4.69, 9.17) is 0 Å². The van der Waals surface area contributed by atoms with Gasteiger partial charge in [0.15, 0.2) is 0 Å². The smallest absolute Gasteiger partial charge is 0.257 e. The second kappa shape index (κ2) is 5.62. The molecule has 1 rings (SSSR count). The van der Waals surface area contributed by atoms with Gasteiger partial charge in [0.25, 0.3) is 5.91 Å². The van der Waals surface area contributed by atoms with Gasteiger partial charge in [-0.1, -0.05) is 23.8 Å². The number of carbonyl (C=O) groups excluding carboxylic acids is 1. The highest BCUT2D eigenvalue weighted by molar-refractivity contribution is 5.94. The molecule has 2 nitrogen and oxygen atoms in total. The summed E-state index contributed by atoms with van der Waals surface area (Å²) >= 11 is 0. The van der Waals surface area contributed by atoms with E-state index in [1.54, 1.807) is 17.0 Å². The number of amides is 1. The molecule has 0 radical (unpaired) electrons. The number of likely N-dealkylation sites (N-methyl/N-ethyl adjacent to an activating group) is 1. The molecule has 0 N–H and O–H groups in total. The molecule has 0 saturated carbocycles. The Bertz CT molecular complexity index is 440. The molecule has 0 saturated heterocycles. The molecule has 17 heavy (non-hydrogen) atoms. The van der Waals surface area contributed by atoms with Crippen molar-refractivity contribution in [1.82, 2.24) is 4.90 Å². The molecule has 0 aromatic heterocycles. The van der Waals surface area contributed by atoms with Crippen molar-refractivity contribution in [3.63, 3.8) is 0 Å². The van der Waals surface area contributed by atoms with Crippen LogP contribution in [0.25, 0.3) is 0 Å². The first kappa shape index (κ1) is 13.4. The summed E-state index contributed by atoms with van der Waals surface area (Å²) in [5.74, 6) is -0.752. The number of carbonyl (C=O) groups is 1. The molecule has 0 fully saturated rings. The van der Waals surface area contributed by atoms with E-state index in [9.17, 15) is 9.18 Å². The van der Waals surface area contributed by atoms with Crippen LogP contribution >= 0.6 is 0 Å². The minimum absolute atomic E-state index is 0.133. The lowest BCUT2D eigenvalue weighted by Crippen LogP contribution is -2.32. The quantitative estimate of drug-likeness (QED) is 0.734. The van der Waals surface area contributed by atoms with Gasteiger partial charge in [-0.2, -0.15) is 0 Å². The van der Waals surface area contributed by atoms with E-state index in [1.165, 1.54) is 6.07 Å². The van der Waals surface area contributed by atoms with Crippen LogP contribution in [0.15, 0.2) is 30.4 Å². The second-order valence-corrected chi connectivity index (χ2v) is 4.26. The first-order chi connectivity index (χ1) is 7.95. The summed E-state index contributed by atoms with van der Waals surface area (Å²) in [6, 6.07) is 4.57. The number of benzene rings is 1. The minimum Gasteiger partial charge on any atom is -0.335 e. The van der Waals surface area contributed by atoms with E-state index in [1.807, 2.05) is 20.8 Å². The van der Waals surface area contributed by atoms with Crippen LogP contribution in [0.3, 0.4) is 0 Å². The van der Waals surface area contributed by atoms with E-state index in [0.29, 0.717) is 13.1 Å². The van der Waals surface area contributed by atoms with Crippen LogP contribution in [-0.2, 0) is 0 Å². The number of nitrogens with zero attached hydrogens (tertiary/aromatic N) is 1. The lowest BCUT2D eigenvalue weighted by Gasteiger charge is -2.21. The molecule has 0 aliphatic carbocycles. The first-order valence-corrected chi connectivity index (χ1v) is 5.65. The fourth-order valence-electron chi connectivity index (χ4n) is 1.63. The fourth-order valence-corrected chi connectivity index (χ4v) is 1.63. The highest BCUT2D eigenvalue weighted by atomic mass is 19.1. The molecule has 0 aliphatic heterocycles. The zero-order chi connectivity index (χ0) is 13.0. The summed E-state index contributed by atoms with van der Waals surface area (Å²) in [4.78, 5) is 13.7. The van der Waals surface area contributed by atoms with Crippen molar-refractivity contribution in [1.29, 1.82) is 0 Å². The average Bonchev–Trinajstić information content (AvgIpc) is 2.28. The first-order valence-electron chi connectivity index (χ1n) is 5.65. The molecule has 0 bridgehead atoms. The van der Waals surface area contributed by atoms with Crippen molar-refractivity contribution < 1.29 is 9.18 Å². The predicted octanol–water partition coefficient (Wildman–Crippen LogP) is 3.17. The van der Waals surface area contributed by atoms with Crippen molar-refractivity contribution in [3.05, 3.63) is 47.3 Å². The maximum absolute atomic E-state index is 13.6. The summed E-state index contributed by atoms with van der Waals surface area (Å²) < 4.78 is 13.6. The molecule has 0 heterocycles. The molecule has 0 atom stereocenters. The van der Waals surface area contributed by atoms with Gasteiger partial charge in [-0.15, -0.1) is 0 Å². The third kappa shape index (κ3) is 3.41. The van der Waals surface area contributed by atoms with Crippen LogP contribution in [0.2, 0.25) is 0 Å². The molecule has 1 aromatic rings. The van der Waals surface area contributed by atoms with Gasteiger partial charge in [-0.25, -0.2) is 4.39 Å². The molecule has 92 valence electrons. The van der Waals surface area contributed by atoms with Gasteiger partial charge >= 0.3 is 0 Å². The normalized spacial score (nSPS) is 10.1. The van der Waals surface area contributed by atoms with E-state index < -0.39 is 5.82 Å². The lowest BCUT2D eigenvalue weighted by atomic mass is 10.1. The third-order valence-electron chi connectivity index (χ3n) is 2.48. The van der Waals surface area contributed by atoms with Crippen LogP contribution in [-0.4, -0.2) is 23.9 Å². The highest BCUT2D eigenvalue weighted by Gasteiger charge is 2.17. The molecule has 1 amide bonds. The zero-order valence-corrected chi connectivity index (χ0v) is 10.6. The van der Waals surface area contributed by atoms with E-state index in [0.717, 1.165) is 11.1 Å². The summed E-state index contributed by atoms with van der Waals surface area (Å²) in [5.41, 5.74) is 1.89.